The lowest BCUT2D eigenvalue weighted by Crippen LogP contribution is -2.49. The van der Waals surface area contributed by atoms with E-state index in [-0.39, 0.29) is 11.6 Å². The average molecular weight is 485 g/mol. The molecule has 0 N–H and O–H groups in total. The van der Waals surface area contributed by atoms with Crippen LogP contribution in [0.15, 0.2) is 36.4 Å². The number of rotatable bonds is 6. The van der Waals surface area contributed by atoms with Crippen molar-refractivity contribution < 1.29 is 9.47 Å². The molecule has 2 aromatic carbocycles. The molecule has 0 spiro atoms. The molecule has 0 amide bonds. The molecule has 3 aromatic rings. The monoisotopic (exact) mass is 484 g/mol. The van der Waals surface area contributed by atoms with Gasteiger partial charge in [-0.3, -0.25) is 4.90 Å². The van der Waals surface area contributed by atoms with Crippen LogP contribution in [0.25, 0.3) is 0 Å². The minimum Gasteiger partial charge on any atom is -0.493 e. The van der Waals surface area contributed by atoms with Crippen LogP contribution in [-0.2, 0) is 5.54 Å². The number of hydrogen-bond acceptors (Lipinski definition) is 7. The van der Waals surface area contributed by atoms with Crippen LogP contribution in [0, 0.1) is 6.92 Å². The van der Waals surface area contributed by atoms with Gasteiger partial charge in [-0.05, 0) is 73.5 Å². The topological polar surface area (TPSA) is 68.5 Å². The van der Waals surface area contributed by atoms with Crippen LogP contribution in [0.5, 0.6) is 11.5 Å². The highest BCUT2D eigenvalue weighted by atomic mass is 35.5. The van der Waals surface area contributed by atoms with Crippen LogP contribution in [0.4, 0.5) is 5.69 Å². The minimum atomic E-state index is -0.257. The van der Waals surface area contributed by atoms with Crippen LogP contribution in [0.3, 0.4) is 0 Å². The number of anilines is 1. The Kier molecular flexibility index (Phi) is 7.00. The van der Waals surface area contributed by atoms with Crippen molar-refractivity contribution in [1.82, 2.24) is 25.1 Å². The van der Waals surface area contributed by atoms with Gasteiger partial charge in [0.15, 0.2) is 17.3 Å². The molecule has 0 radical (unpaired) electrons. The van der Waals surface area contributed by atoms with Crippen LogP contribution in [-0.4, -0.2) is 65.5 Å². The molecule has 1 atom stereocenters. The standard InChI is InChI=1S/C25H33ClN6O2/c1-17-7-9-19(26)16-20(17)30-11-13-31(14-12-30)23(24-27-28-29-32(24)25(2,3)4)18-8-10-21(33-5)22(15-18)34-6/h7-10,15-16,23H,11-14H2,1-6H3. The molecule has 2 heterocycles. The Balaban J connectivity index is 1.69. The first-order valence-electron chi connectivity index (χ1n) is 11.5. The Morgan fingerprint density at radius 1 is 0.941 bits per heavy atom. The number of piperazine rings is 1. The Hall–Kier alpha value is -2.84. The van der Waals surface area contributed by atoms with Gasteiger partial charge in [0.2, 0.25) is 0 Å². The zero-order chi connectivity index (χ0) is 24.5. The maximum atomic E-state index is 6.29. The summed E-state index contributed by atoms with van der Waals surface area (Å²) in [7, 11) is 3.30. The maximum absolute atomic E-state index is 6.29. The Morgan fingerprint density at radius 2 is 1.65 bits per heavy atom. The third-order valence-corrected chi connectivity index (χ3v) is 6.52. The molecule has 4 rings (SSSR count). The number of benzene rings is 2. The molecule has 182 valence electrons. The van der Waals surface area contributed by atoms with Crippen molar-refractivity contribution in [3.05, 3.63) is 58.4 Å². The van der Waals surface area contributed by atoms with Crippen molar-refractivity contribution in [2.24, 2.45) is 0 Å². The molecule has 0 aliphatic carbocycles. The van der Waals surface area contributed by atoms with Crippen molar-refractivity contribution in [3.8, 4) is 11.5 Å². The van der Waals surface area contributed by atoms with Crippen molar-refractivity contribution in [3.63, 3.8) is 0 Å². The van der Waals surface area contributed by atoms with E-state index in [2.05, 4.69) is 71.2 Å². The number of hydrogen-bond donors (Lipinski definition) is 0. The van der Waals surface area contributed by atoms with E-state index < -0.39 is 0 Å². The summed E-state index contributed by atoms with van der Waals surface area (Å²) in [5, 5.41) is 13.6. The molecule has 9 heteroatoms. The summed E-state index contributed by atoms with van der Waals surface area (Å²) in [5.74, 6) is 2.20. The van der Waals surface area contributed by atoms with E-state index in [1.54, 1.807) is 14.2 Å². The first-order valence-corrected chi connectivity index (χ1v) is 11.9. The lowest BCUT2D eigenvalue weighted by atomic mass is 10.0. The number of nitrogens with zero attached hydrogens (tertiary/aromatic N) is 6. The normalized spacial score (nSPS) is 15.9. The number of aromatic nitrogens is 4. The van der Waals surface area contributed by atoms with E-state index in [9.17, 15) is 0 Å². The van der Waals surface area contributed by atoms with Crippen LogP contribution in [0.1, 0.15) is 43.8 Å². The van der Waals surface area contributed by atoms with E-state index >= 15 is 0 Å². The van der Waals surface area contributed by atoms with Gasteiger partial charge in [0.1, 0.15) is 0 Å². The Morgan fingerprint density at radius 3 is 2.29 bits per heavy atom. The average Bonchev–Trinajstić information content (AvgIpc) is 3.31. The van der Waals surface area contributed by atoms with Crippen LogP contribution >= 0.6 is 11.6 Å². The second-order valence-corrected chi connectivity index (χ2v) is 10.0. The van der Waals surface area contributed by atoms with Gasteiger partial charge in [0.25, 0.3) is 0 Å². The summed E-state index contributed by atoms with van der Waals surface area (Å²) in [6.07, 6.45) is 0. The molecule has 8 nitrogen and oxygen atoms in total. The van der Waals surface area contributed by atoms with E-state index in [1.165, 1.54) is 11.3 Å². The van der Waals surface area contributed by atoms with Gasteiger partial charge in [-0.25, -0.2) is 4.68 Å². The van der Waals surface area contributed by atoms with Crippen molar-refractivity contribution >= 4 is 17.3 Å². The highest BCUT2D eigenvalue weighted by Crippen LogP contribution is 2.36. The van der Waals surface area contributed by atoms with Crippen molar-refractivity contribution in [2.75, 3.05) is 45.3 Å². The predicted molar refractivity (Wildman–Crippen MR) is 134 cm³/mol. The fourth-order valence-corrected chi connectivity index (χ4v) is 4.70. The fraction of sp³-hybridized carbons (Fsp3) is 0.480. The second-order valence-electron chi connectivity index (χ2n) is 9.59. The molecule has 0 bridgehead atoms. The third kappa shape index (κ3) is 4.83. The van der Waals surface area contributed by atoms with E-state index in [4.69, 9.17) is 21.1 Å². The molecule has 1 unspecified atom stereocenters. The third-order valence-electron chi connectivity index (χ3n) is 6.29. The van der Waals surface area contributed by atoms with E-state index in [1.807, 2.05) is 22.9 Å². The van der Waals surface area contributed by atoms with Gasteiger partial charge in [-0.2, -0.15) is 0 Å². The van der Waals surface area contributed by atoms with Gasteiger partial charge in [0, 0.05) is 36.9 Å². The molecule has 1 aliphatic heterocycles. The number of ether oxygens (including phenoxy) is 2. The van der Waals surface area contributed by atoms with Gasteiger partial charge in [-0.1, -0.05) is 23.7 Å². The smallest absolute Gasteiger partial charge is 0.173 e. The van der Waals surface area contributed by atoms with Gasteiger partial charge >= 0.3 is 0 Å². The molecule has 34 heavy (non-hydrogen) atoms. The molecule has 1 fully saturated rings. The van der Waals surface area contributed by atoms with Crippen LogP contribution in [0.2, 0.25) is 5.02 Å². The molecular weight excluding hydrogens is 452 g/mol. The largest absolute Gasteiger partial charge is 0.493 e. The van der Waals surface area contributed by atoms with E-state index in [0.717, 1.165) is 42.6 Å². The first-order chi connectivity index (χ1) is 16.2. The summed E-state index contributed by atoms with van der Waals surface area (Å²) in [5.41, 5.74) is 3.22. The highest BCUT2D eigenvalue weighted by molar-refractivity contribution is 6.30. The minimum absolute atomic E-state index is 0.128. The lowest BCUT2D eigenvalue weighted by molar-refractivity contribution is 0.191. The predicted octanol–water partition coefficient (Wildman–Crippen LogP) is 4.32. The molecular formula is C25H33ClN6O2. The van der Waals surface area contributed by atoms with Gasteiger partial charge in [-0.15, -0.1) is 5.10 Å². The summed E-state index contributed by atoms with van der Waals surface area (Å²) in [6, 6.07) is 12.0. The van der Waals surface area contributed by atoms with Gasteiger partial charge < -0.3 is 14.4 Å². The summed E-state index contributed by atoms with van der Waals surface area (Å²) in [6.45, 7) is 11.9. The molecule has 1 aromatic heterocycles. The molecule has 0 saturated carbocycles. The highest BCUT2D eigenvalue weighted by Gasteiger charge is 2.34. The molecule has 1 saturated heterocycles. The van der Waals surface area contributed by atoms with Crippen LogP contribution < -0.4 is 14.4 Å². The number of halogens is 1. The number of tetrazole rings is 1. The summed E-state index contributed by atoms with van der Waals surface area (Å²) in [4.78, 5) is 4.83. The zero-order valence-electron chi connectivity index (χ0n) is 20.7. The van der Waals surface area contributed by atoms with Crippen molar-refractivity contribution in [2.45, 2.75) is 39.3 Å². The fourth-order valence-electron chi connectivity index (χ4n) is 4.53. The number of methoxy groups -OCH3 is 2. The lowest BCUT2D eigenvalue weighted by Gasteiger charge is -2.41. The Labute approximate surface area is 206 Å². The van der Waals surface area contributed by atoms with E-state index in [0.29, 0.717) is 11.5 Å². The SMILES string of the molecule is COc1ccc(C(c2nnnn2C(C)(C)C)N2CCN(c3cc(Cl)ccc3C)CC2)cc1OC. The quantitative estimate of drug-likeness (QED) is 0.516. The first kappa shape index (κ1) is 24.3. The Bertz CT molecular complexity index is 1130. The van der Waals surface area contributed by atoms with Gasteiger partial charge in [0.05, 0.1) is 25.8 Å². The maximum Gasteiger partial charge on any atom is 0.173 e. The zero-order valence-corrected chi connectivity index (χ0v) is 21.5. The molecule has 1 aliphatic rings. The summed E-state index contributed by atoms with van der Waals surface area (Å²) >= 11 is 6.29. The number of aryl methyl sites for hydroxylation is 1. The van der Waals surface area contributed by atoms with Crippen molar-refractivity contribution in [1.29, 1.82) is 0 Å². The summed E-state index contributed by atoms with van der Waals surface area (Å²) < 4.78 is 13.0. The second kappa shape index (κ2) is 9.80.